The van der Waals surface area contributed by atoms with Crippen molar-refractivity contribution in [1.82, 2.24) is 0 Å². The summed E-state index contributed by atoms with van der Waals surface area (Å²) in [5, 5.41) is 1.22. The lowest BCUT2D eigenvalue weighted by atomic mass is 9.35. The van der Waals surface area contributed by atoms with Crippen molar-refractivity contribution in [2.75, 3.05) is 9.80 Å². The largest absolute Gasteiger partial charge is 0.468 e. The highest BCUT2D eigenvalue weighted by Gasteiger charge is 2.50. The number of furan rings is 1. The van der Waals surface area contributed by atoms with Gasteiger partial charge in [0.05, 0.1) is 11.3 Å². The number of fused-ring (bicyclic) bond motifs is 8. The molecular formula is C58H69BN2O. The second kappa shape index (κ2) is 13.0. The van der Waals surface area contributed by atoms with Crippen LogP contribution in [-0.2, 0) is 32.5 Å². The first kappa shape index (κ1) is 41.3. The van der Waals surface area contributed by atoms with E-state index in [1.54, 1.807) is 0 Å². The molecule has 1 aromatic heterocycles. The second-order valence-corrected chi connectivity index (χ2v) is 24.6. The Bertz CT molecular complexity index is 2850. The standard InChI is InChI=1S/C58H69BN2O/c1-34-27-47-50-48(28-34)61(45-22-19-37(29-35(45)2)54(6,7)8)51-39-30-40-43(58(15,16)26-23-55(40,9)10)33-49(39)62-52(51)59(50)44-31-41-42(57(13,14)25-24-56(41,11)12)32-46(44)60(47)38-20-17-36(18-21-38)53(3,4)5/h17-22,27-33H,23-26H2,1-16H3. The van der Waals surface area contributed by atoms with E-state index in [9.17, 15) is 0 Å². The predicted octanol–water partition coefficient (Wildman–Crippen LogP) is 14.4. The lowest BCUT2D eigenvalue weighted by molar-refractivity contribution is 0.332. The highest BCUT2D eigenvalue weighted by molar-refractivity contribution is 7.00. The minimum atomic E-state index is -0.0855. The fourth-order valence-corrected chi connectivity index (χ4v) is 11.7. The molecule has 0 N–H and O–H groups in total. The number of anilines is 6. The lowest BCUT2D eigenvalue weighted by Crippen LogP contribution is -2.61. The zero-order chi connectivity index (χ0) is 44.4. The Morgan fingerprint density at radius 1 is 0.516 bits per heavy atom. The fraction of sp³-hybridized carbons (Fsp3) is 0.448. The van der Waals surface area contributed by atoms with Gasteiger partial charge in [0, 0.05) is 33.8 Å². The van der Waals surface area contributed by atoms with Crippen LogP contribution in [0.3, 0.4) is 0 Å². The summed E-state index contributed by atoms with van der Waals surface area (Å²) >= 11 is 0. The van der Waals surface area contributed by atoms with E-state index in [1.165, 1.54) is 114 Å². The molecule has 0 spiro atoms. The molecule has 0 unspecified atom stereocenters. The Hall–Kier alpha value is -4.70. The van der Waals surface area contributed by atoms with Crippen LogP contribution in [0.1, 0.15) is 167 Å². The van der Waals surface area contributed by atoms with E-state index in [4.69, 9.17) is 4.42 Å². The molecule has 0 saturated heterocycles. The minimum Gasteiger partial charge on any atom is -0.468 e. The third-order valence-electron chi connectivity index (χ3n) is 16.0. The molecule has 0 fully saturated rings. The van der Waals surface area contributed by atoms with E-state index in [0.717, 1.165) is 17.7 Å². The Morgan fingerprint density at radius 3 is 1.56 bits per heavy atom. The lowest BCUT2D eigenvalue weighted by Gasteiger charge is -2.46. The first-order chi connectivity index (χ1) is 28.8. The second-order valence-electron chi connectivity index (χ2n) is 24.6. The van der Waals surface area contributed by atoms with Gasteiger partial charge >= 0.3 is 0 Å². The summed E-state index contributed by atoms with van der Waals surface area (Å²) in [6.07, 6.45) is 4.67. The minimum absolute atomic E-state index is 0.0396. The monoisotopic (exact) mass is 821 g/mol. The molecule has 2 aliphatic carbocycles. The van der Waals surface area contributed by atoms with E-state index in [2.05, 4.69) is 199 Å². The molecule has 6 aromatic rings. The molecule has 0 bridgehead atoms. The molecule has 0 saturated carbocycles. The summed E-state index contributed by atoms with van der Waals surface area (Å²) in [6.45, 7) is 38.0. The summed E-state index contributed by atoms with van der Waals surface area (Å²) in [7, 11) is 0. The van der Waals surface area contributed by atoms with Crippen LogP contribution in [-0.4, -0.2) is 6.71 Å². The zero-order valence-corrected chi connectivity index (χ0v) is 40.7. The summed E-state index contributed by atoms with van der Waals surface area (Å²) in [6, 6.07) is 31.7. The number of aryl methyl sites for hydroxylation is 2. The maximum Gasteiger partial charge on any atom is 0.297 e. The molecule has 320 valence electrons. The Balaban J connectivity index is 1.35. The fourth-order valence-electron chi connectivity index (χ4n) is 11.7. The van der Waals surface area contributed by atoms with E-state index < -0.39 is 0 Å². The summed E-state index contributed by atoms with van der Waals surface area (Å²) in [4.78, 5) is 5.21. The van der Waals surface area contributed by atoms with Gasteiger partial charge in [0.2, 0.25) is 0 Å². The topological polar surface area (TPSA) is 19.6 Å². The highest BCUT2D eigenvalue weighted by atomic mass is 16.3. The van der Waals surface area contributed by atoms with E-state index in [1.807, 2.05) is 0 Å². The molecule has 4 heteroatoms. The molecule has 4 aliphatic rings. The van der Waals surface area contributed by atoms with Gasteiger partial charge < -0.3 is 14.2 Å². The van der Waals surface area contributed by atoms with Gasteiger partial charge in [0.15, 0.2) is 0 Å². The summed E-state index contributed by atoms with van der Waals surface area (Å²) in [5.41, 5.74) is 23.5. The average molecular weight is 821 g/mol. The number of benzene rings is 5. The number of nitrogens with zero attached hydrogens (tertiary/aromatic N) is 2. The number of hydrogen-bond acceptors (Lipinski definition) is 3. The maximum absolute atomic E-state index is 7.59. The van der Waals surface area contributed by atoms with Crippen LogP contribution >= 0.6 is 0 Å². The molecule has 5 aromatic carbocycles. The van der Waals surface area contributed by atoms with Gasteiger partial charge in [0.1, 0.15) is 5.58 Å². The maximum atomic E-state index is 7.59. The summed E-state index contributed by atoms with van der Waals surface area (Å²) in [5.74, 6) is 0. The third-order valence-corrected chi connectivity index (χ3v) is 16.0. The van der Waals surface area contributed by atoms with Crippen LogP contribution in [0.25, 0.3) is 11.0 Å². The first-order valence-corrected chi connectivity index (χ1v) is 23.6. The zero-order valence-electron chi connectivity index (χ0n) is 40.7. The van der Waals surface area contributed by atoms with Crippen LogP contribution in [0.15, 0.2) is 83.3 Å². The molecular weight excluding hydrogens is 751 g/mol. The third kappa shape index (κ3) is 6.04. The van der Waals surface area contributed by atoms with Gasteiger partial charge in [-0.05, 0) is 176 Å². The Kier molecular flexibility index (Phi) is 8.63. The predicted molar refractivity (Wildman–Crippen MR) is 268 cm³/mol. The molecule has 3 heterocycles. The van der Waals surface area contributed by atoms with Crippen LogP contribution in [0.4, 0.5) is 34.1 Å². The normalized spacial score (nSPS) is 19.1. The number of hydrogen-bond donors (Lipinski definition) is 0. The average Bonchev–Trinajstić information content (AvgIpc) is 3.55. The van der Waals surface area contributed by atoms with Crippen molar-refractivity contribution in [2.45, 2.75) is 169 Å². The van der Waals surface area contributed by atoms with Gasteiger partial charge in [-0.15, -0.1) is 0 Å². The van der Waals surface area contributed by atoms with Crippen molar-refractivity contribution < 1.29 is 4.42 Å². The van der Waals surface area contributed by atoms with Crippen molar-refractivity contribution >= 4 is 68.4 Å². The molecule has 62 heavy (non-hydrogen) atoms. The van der Waals surface area contributed by atoms with Gasteiger partial charge in [-0.2, -0.15) is 0 Å². The van der Waals surface area contributed by atoms with Crippen LogP contribution in [0, 0.1) is 13.8 Å². The Labute approximate surface area is 373 Å². The Morgan fingerprint density at radius 2 is 1.02 bits per heavy atom. The van der Waals surface area contributed by atoms with Crippen molar-refractivity contribution in [3.8, 4) is 0 Å². The quantitative estimate of drug-likeness (QED) is 0.162. The van der Waals surface area contributed by atoms with E-state index in [0.29, 0.717) is 0 Å². The molecule has 10 rings (SSSR count). The molecule has 0 amide bonds. The van der Waals surface area contributed by atoms with E-state index >= 15 is 0 Å². The van der Waals surface area contributed by atoms with Gasteiger partial charge in [-0.25, -0.2) is 0 Å². The van der Waals surface area contributed by atoms with Crippen molar-refractivity contribution in [2.24, 2.45) is 0 Å². The van der Waals surface area contributed by atoms with Crippen LogP contribution < -0.4 is 26.4 Å². The van der Waals surface area contributed by atoms with Gasteiger partial charge in [0.25, 0.3) is 6.71 Å². The van der Waals surface area contributed by atoms with Crippen molar-refractivity contribution in [3.05, 3.63) is 123 Å². The first-order valence-electron chi connectivity index (χ1n) is 23.6. The molecule has 3 nitrogen and oxygen atoms in total. The smallest absolute Gasteiger partial charge is 0.297 e. The van der Waals surface area contributed by atoms with Crippen LogP contribution in [0.2, 0.25) is 0 Å². The van der Waals surface area contributed by atoms with E-state index in [-0.39, 0.29) is 39.2 Å². The van der Waals surface area contributed by atoms with Crippen molar-refractivity contribution in [3.63, 3.8) is 0 Å². The van der Waals surface area contributed by atoms with Crippen LogP contribution in [0.5, 0.6) is 0 Å². The summed E-state index contributed by atoms with van der Waals surface area (Å²) < 4.78 is 7.59. The van der Waals surface area contributed by atoms with Gasteiger partial charge in [-0.1, -0.05) is 127 Å². The van der Waals surface area contributed by atoms with Crippen molar-refractivity contribution in [1.29, 1.82) is 0 Å². The number of rotatable bonds is 2. The molecule has 2 aliphatic heterocycles. The SMILES string of the molecule is Cc1cc2c3c(c1)N(c1ccc(C(C)(C)C)cc1C)c1c(oc4cc5c(cc14)C(C)(C)CCC5(C)C)B3c1cc3c(cc1N2c1ccc(C(C)(C)C)cc1)C(C)(C)CCC3(C)C. The van der Waals surface area contributed by atoms with Gasteiger partial charge in [-0.3, -0.25) is 0 Å². The highest BCUT2D eigenvalue weighted by Crippen LogP contribution is 2.54. The molecule has 0 radical (unpaired) electrons. The molecule has 0 atom stereocenters.